The molecule has 252 valence electrons. The topological polar surface area (TPSA) is 106 Å². The summed E-state index contributed by atoms with van der Waals surface area (Å²) in [6.07, 6.45) is 11.0. The van der Waals surface area contributed by atoms with Crippen LogP contribution in [0.3, 0.4) is 0 Å². The number of fused-ring (bicyclic) bond motifs is 2. The van der Waals surface area contributed by atoms with Crippen LogP contribution in [-0.2, 0) is 22.7 Å². The molecule has 3 aromatic rings. The molecule has 5 rings (SSSR count). The van der Waals surface area contributed by atoms with Gasteiger partial charge in [0.15, 0.2) is 11.6 Å². The second-order valence-corrected chi connectivity index (χ2v) is 12.2. The molecule has 0 spiro atoms. The van der Waals surface area contributed by atoms with Crippen LogP contribution in [0.15, 0.2) is 84.0 Å². The number of hydrogen-bond acceptors (Lipinski definition) is 6. The Balaban J connectivity index is 1.44. The number of ether oxygens (including phenoxy) is 3. The van der Waals surface area contributed by atoms with E-state index in [0.29, 0.717) is 59.0 Å². The summed E-state index contributed by atoms with van der Waals surface area (Å²) in [6.45, 7) is 2.89. The van der Waals surface area contributed by atoms with Crippen molar-refractivity contribution >= 4 is 23.5 Å². The number of carboxylic acid groups (broad SMARTS) is 1. The second kappa shape index (κ2) is 16.5. The molecular weight excluding hydrogens is 635 g/mol. The van der Waals surface area contributed by atoms with Gasteiger partial charge >= 0.3 is 5.97 Å². The summed E-state index contributed by atoms with van der Waals surface area (Å²) in [5, 5.41) is 16.3. The fraction of sp³-hybridized carbons (Fsp3) is 0.316. The van der Waals surface area contributed by atoms with Gasteiger partial charge in [-0.05, 0) is 79.5 Å². The number of amides is 1. The lowest BCUT2D eigenvalue weighted by molar-refractivity contribution is -0.139. The van der Waals surface area contributed by atoms with E-state index < -0.39 is 17.8 Å². The first-order valence-corrected chi connectivity index (χ1v) is 16.4. The van der Waals surface area contributed by atoms with Gasteiger partial charge in [-0.25, -0.2) is 4.39 Å². The summed E-state index contributed by atoms with van der Waals surface area (Å²) < 4.78 is 32.9. The predicted octanol–water partition coefficient (Wildman–Crippen LogP) is 7.47. The highest BCUT2D eigenvalue weighted by molar-refractivity contribution is 6.32. The molecule has 1 unspecified atom stereocenters. The summed E-state index contributed by atoms with van der Waals surface area (Å²) in [7, 11) is 1.44. The Labute approximate surface area is 285 Å². The van der Waals surface area contributed by atoms with E-state index in [9.17, 15) is 14.7 Å². The van der Waals surface area contributed by atoms with E-state index in [4.69, 9.17) is 25.8 Å². The van der Waals surface area contributed by atoms with Gasteiger partial charge in [0, 0.05) is 35.9 Å². The van der Waals surface area contributed by atoms with Crippen LogP contribution in [0, 0.1) is 12.7 Å². The number of aliphatic carboxylic acids is 1. The highest BCUT2D eigenvalue weighted by Gasteiger charge is 2.20. The van der Waals surface area contributed by atoms with Crippen molar-refractivity contribution in [2.24, 2.45) is 0 Å². The summed E-state index contributed by atoms with van der Waals surface area (Å²) in [6, 6.07) is 13.3. The molecule has 2 aliphatic rings. The van der Waals surface area contributed by atoms with Crippen molar-refractivity contribution in [2.45, 2.75) is 58.2 Å². The maximum absolute atomic E-state index is 15.1. The number of methoxy groups -OCH3 is 1. The monoisotopic (exact) mass is 674 g/mol. The number of rotatable bonds is 6. The number of carboxylic acids is 1. The molecule has 1 heterocycles. The Morgan fingerprint density at radius 2 is 1.92 bits per heavy atom. The molecule has 0 saturated carbocycles. The molecule has 10 heteroatoms. The minimum absolute atomic E-state index is 0.153. The molecule has 3 aromatic carbocycles. The normalized spacial score (nSPS) is 20.2. The first kappa shape index (κ1) is 34.7. The standard InChI is InChI=1S/C38H40ClFN2O6/c1-24-27(12-8-13-29(24)30-14-9-16-33(46-2)36(30)40)23-48-35-20-34-28(19-31(35)39)21-42-32(38(44)45)15-6-7-17-41-37(43)26-11-5-3-4-10-25(18-26)22-47-34/h4,8-14,16,18-20,32,42H,3,5-7,15,17,21-23H2,1-2H3,(H,41,43)(H,44,45)/b10-4-,25-18+,26-11-. The van der Waals surface area contributed by atoms with Crippen LogP contribution < -0.4 is 24.8 Å². The zero-order valence-electron chi connectivity index (χ0n) is 27.1. The number of nitrogens with one attached hydrogen (secondary N) is 2. The minimum Gasteiger partial charge on any atom is -0.494 e. The Hall–Kier alpha value is -4.60. The average Bonchev–Trinajstić information content (AvgIpc) is 3.05. The maximum atomic E-state index is 15.1. The predicted molar refractivity (Wildman–Crippen MR) is 184 cm³/mol. The fourth-order valence-corrected chi connectivity index (χ4v) is 5.97. The number of carbonyl (C=O) groups excluding carboxylic acids is 1. The molecule has 3 N–H and O–H groups in total. The van der Waals surface area contributed by atoms with Crippen molar-refractivity contribution in [3.63, 3.8) is 0 Å². The molecule has 0 fully saturated rings. The summed E-state index contributed by atoms with van der Waals surface area (Å²) in [5.74, 6) is -0.550. The summed E-state index contributed by atoms with van der Waals surface area (Å²) in [4.78, 5) is 25.0. The van der Waals surface area contributed by atoms with E-state index in [1.807, 2.05) is 49.4 Å². The van der Waals surface area contributed by atoms with E-state index in [1.54, 1.807) is 30.3 Å². The smallest absolute Gasteiger partial charge is 0.320 e. The van der Waals surface area contributed by atoms with E-state index >= 15 is 4.39 Å². The highest BCUT2D eigenvalue weighted by Crippen LogP contribution is 2.36. The molecule has 1 aliphatic heterocycles. The lowest BCUT2D eigenvalue weighted by Crippen LogP contribution is -2.36. The van der Waals surface area contributed by atoms with Crippen molar-refractivity contribution in [1.82, 2.24) is 10.6 Å². The van der Waals surface area contributed by atoms with Gasteiger partial charge < -0.3 is 30.0 Å². The molecule has 2 bridgehead atoms. The van der Waals surface area contributed by atoms with E-state index in [0.717, 1.165) is 35.1 Å². The molecular formula is C38H40ClFN2O6. The van der Waals surface area contributed by atoms with E-state index in [2.05, 4.69) is 10.6 Å². The van der Waals surface area contributed by atoms with E-state index in [1.165, 1.54) is 7.11 Å². The second-order valence-electron chi connectivity index (χ2n) is 11.8. The van der Waals surface area contributed by atoms with Gasteiger partial charge in [0.1, 0.15) is 30.8 Å². The Kier molecular flexibility index (Phi) is 11.9. The molecule has 0 saturated heterocycles. The Morgan fingerprint density at radius 1 is 1.10 bits per heavy atom. The average molecular weight is 675 g/mol. The van der Waals surface area contributed by atoms with Crippen LogP contribution in [0.2, 0.25) is 5.02 Å². The van der Waals surface area contributed by atoms with Crippen LogP contribution in [0.5, 0.6) is 17.2 Å². The SMILES string of the molecule is COc1cccc(-c2cccc(COc3cc4c(cc3Cl)CNC(C(=O)O)CCCCNC(=O)C3=C\CC\C=C/C(=C\3)CO4)c2C)c1F. The summed E-state index contributed by atoms with van der Waals surface area (Å²) in [5.41, 5.74) is 4.88. The zero-order chi connectivity index (χ0) is 34.0. The van der Waals surface area contributed by atoms with E-state index in [-0.39, 0.29) is 31.4 Å². The van der Waals surface area contributed by atoms with Gasteiger partial charge in [0.25, 0.3) is 5.91 Å². The molecule has 1 aliphatic carbocycles. The first-order chi connectivity index (χ1) is 23.2. The molecule has 1 amide bonds. The van der Waals surface area contributed by atoms with Gasteiger partial charge in [-0.15, -0.1) is 0 Å². The van der Waals surface area contributed by atoms with Gasteiger partial charge in [0.05, 0.1) is 12.1 Å². The third kappa shape index (κ3) is 8.65. The largest absolute Gasteiger partial charge is 0.494 e. The number of allylic oxidation sites excluding steroid dienone is 2. The van der Waals surface area contributed by atoms with Crippen molar-refractivity contribution in [1.29, 1.82) is 0 Å². The van der Waals surface area contributed by atoms with Crippen LogP contribution in [0.4, 0.5) is 4.39 Å². The van der Waals surface area contributed by atoms with Crippen molar-refractivity contribution < 1.29 is 33.3 Å². The Bertz CT molecular complexity index is 1750. The van der Waals surface area contributed by atoms with Crippen LogP contribution in [-0.4, -0.2) is 43.3 Å². The van der Waals surface area contributed by atoms with Crippen LogP contribution in [0.1, 0.15) is 48.8 Å². The molecule has 48 heavy (non-hydrogen) atoms. The van der Waals surface area contributed by atoms with Crippen LogP contribution >= 0.6 is 11.6 Å². The van der Waals surface area contributed by atoms with Crippen molar-refractivity contribution in [2.75, 3.05) is 20.3 Å². The van der Waals surface area contributed by atoms with Gasteiger partial charge in [-0.2, -0.15) is 0 Å². The minimum atomic E-state index is -0.956. The van der Waals surface area contributed by atoms with Gasteiger partial charge in [-0.3, -0.25) is 9.59 Å². The lowest BCUT2D eigenvalue weighted by atomic mass is 9.96. The summed E-state index contributed by atoms with van der Waals surface area (Å²) >= 11 is 6.74. The Morgan fingerprint density at radius 3 is 2.73 bits per heavy atom. The van der Waals surface area contributed by atoms with Crippen molar-refractivity contribution in [3.05, 3.63) is 112 Å². The molecule has 0 radical (unpaired) electrons. The van der Waals surface area contributed by atoms with Crippen molar-refractivity contribution in [3.8, 4) is 28.4 Å². The molecule has 1 atom stereocenters. The quantitative estimate of drug-likeness (QED) is 0.249. The highest BCUT2D eigenvalue weighted by atomic mass is 35.5. The lowest BCUT2D eigenvalue weighted by Gasteiger charge is -2.20. The molecule has 8 nitrogen and oxygen atoms in total. The number of hydrogen-bond donors (Lipinski definition) is 3. The van der Waals surface area contributed by atoms with Gasteiger partial charge in [0.2, 0.25) is 0 Å². The third-order valence-electron chi connectivity index (χ3n) is 8.49. The number of benzene rings is 3. The number of halogens is 2. The maximum Gasteiger partial charge on any atom is 0.320 e. The third-order valence-corrected chi connectivity index (χ3v) is 8.78. The first-order valence-electron chi connectivity index (χ1n) is 16.1. The molecule has 0 aromatic heterocycles. The van der Waals surface area contributed by atoms with Gasteiger partial charge in [-0.1, -0.05) is 60.2 Å². The van der Waals surface area contributed by atoms with Crippen LogP contribution in [0.25, 0.3) is 11.1 Å². The fourth-order valence-electron chi connectivity index (χ4n) is 5.73. The zero-order valence-corrected chi connectivity index (χ0v) is 27.9. The number of carbonyl (C=O) groups is 2.